The molecule has 104 valence electrons. The molecule has 1 aromatic carbocycles. The minimum atomic E-state index is -1.06. The third-order valence-electron chi connectivity index (χ3n) is 2.63. The number of aliphatic carboxylic acids is 1. The number of anilines is 1. The molecule has 0 aliphatic heterocycles. The first-order valence-electron chi connectivity index (χ1n) is 5.58. The lowest BCUT2D eigenvalue weighted by Crippen LogP contribution is -2.44. The summed E-state index contributed by atoms with van der Waals surface area (Å²) in [6.07, 6.45) is 0.308. The van der Waals surface area contributed by atoms with Crippen molar-refractivity contribution in [1.82, 2.24) is 4.90 Å². The number of nitrogens with one attached hydrogen (secondary N) is 1. The SMILES string of the molecule is CCC(C(=O)O)N(C)C(=O)Nc1cc(Cl)ccc1Cl. The Morgan fingerprint density at radius 2 is 2.05 bits per heavy atom. The number of rotatable bonds is 4. The van der Waals surface area contributed by atoms with Crippen LogP contribution < -0.4 is 5.32 Å². The normalized spacial score (nSPS) is 11.8. The molecular formula is C12H14Cl2N2O3. The molecule has 1 aromatic rings. The highest BCUT2D eigenvalue weighted by Crippen LogP contribution is 2.25. The van der Waals surface area contributed by atoms with Crippen LogP contribution in [0.5, 0.6) is 0 Å². The van der Waals surface area contributed by atoms with Crippen LogP contribution in [0.4, 0.5) is 10.5 Å². The second-order valence-corrected chi connectivity index (χ2v) is 4.77. The fourth-order valence-electron chi connectivity index (χ4n) is 1.55. The van der Waals surface area contributed by atoms with Crippen molar-refractivity contribution in [3.8, 4) is 0 Å². The van der Waals surface area contributed by atoms with Crippen molar-refractivity contribution < 1.29 is 14.7 Å². The number of likely N-dealkylation sites (N-methyl/N-ethyl adjacent to an activating group) is 1. The minimum Gasteiger partial charge on any atom is -0.480 e. The Morgan fingerprint density at radius 1 is 1.42 bits per heavy atom. The number of amides is 2. The molecule has 1 unspecified atom stereocenters. The van der Waals surface area contributed by atoms with E-state index in [0.29, 0.717) is 22.2 Å². The van der Waals surface area contributed by atoms with Gasteiger partial charge in [-0.15, -0.1) is 0 Å². The van der Waals surface area contributed by atoms with Crippen LogP contribution in [0, 0.1) is 0 Å². The first-order valence-corrected chi connectivity index (χ1v) is 6.34. The molecule has 0 radical (unpaired) electrons. The first-order chi connectivity index (χ1) is 8.86. The van der Waals surface area contributed by atoms with E-state index in [9.17, 15) is 9.59 Å². The van der Waals surface area contributed by atoms with Crippen molar-refractivity contribution in [3.63, 3.8) is 0 Å². The Kier molecular flexibility index (Phi) is 5.44. The summed E-state index contributed by atoms with van der Waals surface area (Å²) in [6.45, 7) is 1.69. The summed E-state index contributed by atoms with van der Waals surface area (Å²) in [5, 5.41) is 12.3. The smallest absolute Gasteiger partial charge is 0.326 e. The molecule has 0 fully saturated rings. The van der Waals surface area contributed by atoms with Crippen LogP contribution >= 0.6 is 23.2 Å². The van der Waals surface area contributed by atoms with E-state index >= 15 is 0 Å². The number of carboxylic acid groups (broad SMARTS) is 1. The molecule has 5 nitrogen and oxygen atoms in total. The highest BCUT2D eigenvalue weighted by atomic mass is 35.5. The van der Waals surface area contributed by atoms with Gasteiger partial charge < -0.3 is 15.3 Å². The van der Waals surface area contributed by atoms with Gasteiger partial charge in [0.05, 0.1) is 10.7 Å². The number of hydrogen-bond donors (Lipinski definition) is 2. The van der Waals surface area contributed by atoms with E-state index in [0.717, 1.165) is 4.90 Å². The Labute approximate surface area is 121 Å². The van der Waals surface area contributed by atoms with E-state index in [-0.39, 0.29) is 0 Å². The van der Waals surface area contributed by atoms with Gasteiger partial charge in [-0.1, -0.05) is 30.1 Å². The summed E-state index contributed by atoms with van der Waals surface area (Å²) in [6, 6.07) is 3.19. The molecule has 1 rings (SSSR count). The van der Waals surface area contributed by atoms with E-state index in [1.165, 1.54) is 13.1 Å². The van der Waals surface area contributed by atoms with Crippen LogP contribution in [0.2, 0.25) is 10.0 Å². The molecule has 0 aliphatic rings. The highest BCUT2D eigenvalue weighted by Gasteiger charge is 2.25. The molecule has 7 heteroatoms. The topological polar surface area (TPSA) is 69.6 Å². The van der Waals surface area contributed by atoms with Gasteiger partial charge >= 0.3 is 12.0 Å². The van der Waals surface area contributed by atoms with Gasteiger partial charge in [-0.05, 0) is 24.6 Å². The molecule has 1 atom stereocenters. The van der Waals surface area contributed by atoms with Crippen LogP contribution in [0.25, 0.3) is 0 Å². The third kappa shape index (κ3) is 4.01. The van der Waals surface area contributed by atoms with Gasteiger partial charge in [0, 0.05) is 12.1 Å². The number of hydrogen-bond acceptors (Lipinski definition) is 2. The van der Waals surface area contributed by atoms with Crippen LogP contribution in [-0.4, -0.2) is 35.1 Å². The largest absolute Gasteiger partial charge is 0.480 e. The summed E-state index contributed by atoms with van der Waals surface area (Å²) in [5.74, 6) is -1.06. The molecule has 0 bridgehead atoms. The van der Waals surface area contributed by atoms with E-state index in [4.69, 9.17) is 28.3 Å². The molecular weight excluding hydrogens is 291 g/mol. The molecule has 2 amide bonds. The summed E-state index contributed by atoms with van der Waals surface area (Å²) >= 11 is 11.7. The van der Waals surface area contributed by atoms with Crippen molar-refractivity contribution >= 4 is 40.9 Å². The summed E-state index contributed by atoms with van der Waals surface area (Å²) in [7, 11) is 1.41. The predicted molar refractivity (Wildman–Crippen MR) is 75.0 cm³/mol. The Morgan fingerprint density at radius 3 is 2.58 bits per heavy atom. The molecule has 0 aromatic heterocycles. The zero-order valence-electron chi connectivity index (χ0n) is 10.5. The quantitative estimate of drug-likeness (QED) is 0.896. The maximum atomic E-state index is 11.9. The lowest BCUT2D eigenvalue weighted by atomic mass is 10.2. The lowest BCUT2D eigenvalue weighted by molar-refractivity contribution is -0.141. The fraction of sp³-hybridized carbons (Fsp3) is 0.333. The maximum absolute atomic E-state index is 11.9. The highest BCUT2D eigenvalue weighted by molar-refractivity contribution is 6.35. The van der Waals surface area contributed by atoms with Gasteiger partial charge in [0.2, 0.25) is 0 Å². The lowest BCUT2D eigenvalue weighted by Gasteiger charge is -2.24. The van der Waals surface area contributed by atoms with E-state index in [1.807, 2.05) is 0 Å². The molecule has 0 heterocycles. The minimum absolute atomic E-state index is 0.308. The van der Waals surface area contributed by atoms with Crippen molar-refractivity contribution in [2.75, 3.05) is 12.4 Å². The average Bonchev–Trinajstić information content (AvgIpc) is 2.34. The zero-order valence-corrected chi connectivity index (χ0v) is 12.0. The van der Waals surface area contributed by atoms with Crippen LogP contribution in [-0.2, 0) is 4.79 Å². The Hall–Kier alpha value is -1.46. The van der Waals surface area contributed by atoms with E-state index in [2.05, 4.69) is 5.32 Å². The van der Waals surface area contributed by atoms with E-state index < -0.39 is 18.0 Å². The van der Waals surface area contributed by atoms with Crippen LogP contribution in [0.3, 0.4) is 0 Å². The molecule has 0 saturated heterocycles. The van der Waals surface area contributed by atoms with Gasteiger partial charge in [0.1, 0.15) is 6.04 Å². The maximum Gasteiger partial charge on any atom is 0.326 e. The first kappa shape index (κ1) is 15.6. The van der Waals surface area contributed by atoms with Crippen LogP contribution in [0.1, 0.15) is 13.3 Å². The second kappa shape index (κ2) is 6.63. The van der Waals surface area contributed by atoms with E-state index in [1.54, 1.807) is 19.1 Å². The number of halogens is 2. The van der Waals surface area contributed by atoms with Crippen LogP contribution in [0.15, 0.2) is 18.2 Å². The summed E-state index contributed by atoms with van der Waals surface area (Å²) in [5.41, 5.74) is 0.339. The second-order valence-electron chi connectivity index (χ2n) is 3.93. The summed E-state index contributed by atoms with van der Waals surface area (Å²) < 4.78 is 0. The van der Waals surface area contributed by atoms with Crippen molar-refractivity contribution in [3.05, 3.63) is 28.2 Å². The standard InChI is InChI=1S/C12H14Cl2N2O3/c1-3-10(11(17)18)16(2)12(19)15-9-6-7(13)4-5-8(9)14/h4-6,10H,3H2,1-2H3,(H,15,19)(H,17,18). The Balaban J connectivity index is 2.84. The summed E-state index contributed by atoms with van der Waals surface area (Å²) in [4.78, 5) is 24.0. The molecule has 19 heavy (non-hydrogen) atoms. The zero-order chi connectivity index (χ0) is 14.6. The average molecular weight is 305 g/mol. The molecule has 0 saturated carbocycles. The monoisotopic (exact) mass is 304 g/mol. The van der Waals surface area contributed by atoms with Gasteiger partial charge in [-0.25, -0.2) is 9.59 Å². The van der Waals surface area contributed by atoms with Crippen molar-refractivity contribution in [2.24, 2.45) is 0 Å². The number of nitrogens with zero attached hydrogens (tertiary/aromatic N) is 1. The number of carbonyl (C=O) groups is 2. The van der Waals surface area contributed by atoms with Gasteiger partial charge in [0.25, 0.3) is 0 Å². The third-order valence-corrected chi connectivity index (χ3v) is 3.19. The van der Waals surface area contributed by atoms with Gasteiger partial charge in [-0.3, -0.25) is 0 Å². The number of carbonyl (C=O) groups excluding carboxylic acids is 1. The van der Waals surface area contributed by atoms with Gasteiger partial charge in [0.15, 0.2) is 0 Å². The number of carboxylic acids is 1. The number of urea groups is 1. The number of benzene rings is 1. The fourth-order valence-corrected chi connectivity index (χ4v) is 1.89. The molecule has 0 spiro atoms. The molecule has 0 aliphatic carbocycles. The van der Waals surface area contributed by atoms with Gasteiger partial charge in [-0.2, -0.15) is 0 Å². The van der Waals surface area contributed by atoms with Crippen molar-refractivity contribution in [2.45, 2.75) is 19.4 Å². The Bertz CT molecular complexity index is 494. The predicted octanol–water partition coefficient (Wildman–Crippen LogP) is 3.32. The molecule has 2 N–H and O–H groups in total. The van der Waals surface area contributed by atoms with Crippen molar-refractivity contribution in [1.29, 1.82) is 0 Å².